The van der Waals surface area contributed by atoms with Crippen molar-refractivity contribution in [2.45, 2.75) is 52.0 Å². The van der Waals surface area contributed by atoms with Gasteiger partial charge < -0.3 is 15.4 Å². The van der Waals surface area contributed by atoms with Gasteiger partial charge in [-0.2, -0.15) is 0 Å². The van der Waals surface area contributed by atoms with E-state index in [1.165, 1.54) is 5.56 Å². The maximum Gasteiger partial charge on any atom is 0.251 e. The smallest absolute Gasteiger partial charge is 0.251 e. The summed E-state index contributed by atoms with van der Waals surface area (Å²) in [6.07, 6.45) is -0.575. The van der Waals surface area contributed by atoms with E-state index in [1.54, 1.807) is 0 Å². The van der Waals surface area contributed by atoms with Gasteiger partial charge in [0.25, 0.3) is 6.43 Å². The van der Waals surface area contributed by atoms with Gasteiger partial charge in [-0.05, 0) is 37.3 Å². The second-order valence-corrected chi connectivity index (χ2v) is 7.41. The Labute approximate surface area is 190 Å². The molecule has 2 rings (SSSR count). The van der Waals surface area contributed by atoms with Crippen molar-refractivity contribution < 1.29 is 13.5 Å². The number of nitrogens with one attached hydrogen (secondary N) is 2. The fourth-order valence-corrected chi connectivity index (χ4v) is 3.37. The van der Waals surface area contributed by atoms with Crippen LogP contribution in [0.25, 0.3) is 0 Å². The summed E-state index contributed by atoms with van der Waals surface area (Å²) in [6.45, 7) is 9.41. The van der Waals surface area contributed by atoms with Crippen LogP contribution in [0.5, 0.6) is 5.75 Å². The van der Waals surface area contributed by atoms with Crippen LogP contribution in [0.2, 0.25) is 0 Å². The summed E-state index contributed by atoms with van der Waals surface area (Å²) in [4.78, 5) is 6.43. The molecule has 1 heterocycles. The first-order chi connectivity index (χ1) is 13.5. The quantitative estimate of drug-likeness (QED) is 0.221. The number of hydrogen-bond donors (Lipinski definition) is 2. The lowest BCUT2D eigenvalue weighted by Gasteiger charge is -2.32. The van der Waals surface area contributed by atoms with Crippen molar-refractivity contribution in [3.05, 3.63) is 29.8 Å². The third kappa shape index (κ3) is 9.46. The molecule has 0 unspecified atom stereocenters. The van der Waals surface area contributed by atoms with E-state index in [9.17, 15) is 8.78 Å². The summed E-state index contributed by atoms with van der Waals surface area (Å²) in [5.74, 6) is 2.09. The van der Waals surface area contributed by atoms with E-state index in [1.807, 2.05) is 30.0 Å². The van der Waals surface area contributed by atoms with Gasteiger partial charge in [0.05, 0.1) is 13.1 Å². The second-order valence-electron chi connectivity index (χ2n) is 7.41. The molecule has 1 aromatic rings. The number of nitrogens with zero attached hydrogens (tertiary/aromatic N) is 2. The average molecular weight is 524 g/mol. The van der Waals surface area contributed by atoms with Crippen LogP contribution >= 0.6 is 24.0 Å². The predicted octanol–water partition coefficient (Wildman–Crippen LogP) is 4.09. The van der Waals surface area contributed by atoms with Crippen molar-refractivity contribution in [1.29, 1.82) is 0 Å². The third-order valence-electron chi connectivity index (χ3n) is 4.83. The van der Waals surface area contributed by atoms with Crippen LogP contribution < -0.4 is 15.4 Å². The molecule has 29 heavy (non-hydrogen) atoms. The summed E-state index contributed by atoms with van der Waals surface area (Å²) >= 11 is 0. The Kier molecular flexibility index (Phi) is 12.4. The van der Waals surface area contributed by atoms with Crippen LogP contribution in [0, 0.1) is 0 Å². The summed E-state index contributed by atoms with van der Waals surface area (Å²) in [6, 6.07) is 8.36. The van der Waals surface area contributed by atoms with Gasteiger partial charge in [-0.25, -0.2) is 13.8 Å². The molecular formula is C21H35F2IN4O. The molecule has 1 fully saturated rings. The Morgan fingerprint density at radius 2 is 1.93 bits per heavy atom. The Hall–Kier alpha value is -1.16. The van der Waals surface area contributed by atoms with E-state index in [0.717, 1.165) is 31.1 Å². The van der Waals surface area contributed by atoms with Crippen LogP contribution in [0.15, 0.2) is 29.3 Å². The number of para-hydroxylation sites is 1. The molecule has 0 amide bonds. The Bertz CT molecular complexity index is 608. The average Bonchev–Trinajstić information content (AvgIpc) is 2.66. The van der Waals surface area contributed by atoms with Gasteiger partial charge in [0.2, 0.25) is 0 Å². The molecule has 8 heteroatoms. The Morgan fingerprint density at radius 1 is 1.24 bits per heavy atom. The number of benzene rings is 1. The first kappa shape index (κ1) is 25.9. The van der Waals surface area contributed by atoms with Crippen LogP contribution in [-0.2, 0) is 0 Å². The van der Waals surface area contributed by atoms with Crippen LogP contribution in [0.3, 0.4) is 0 Å². The normalized spacial score (nSPS) is 16.0. The van der Waals surface area contributed by atoms with Crippen molar-refractivity contribution in [2.75, 3.05) is 39.3 Å². The Morgan fingerprint density at radius 3 is 2.55 bits per heavy atom. The lowest BCUT2D eigenvalue weighted by atomic mass is 10.0. The predicted molar refractivity (Wildman–Crippen MR) is 126 cm³/mol. The monoisotopic (exact) mass is 524 g/mol. The van der Waals surface area contributed by atoms with E-state index < -0.39 is 6.43 Å². The molecule has 0 aromatic heterocycles. The van der Waals surface area contributed by atoms with E-state index in [2.05, 4.69) is 35.5 Å². The first-order valence-corrected chi connectivity index (χ1v) is 10.3. The van der Waals surface area contributed by atoms with Crippen LogP contribution in [0.1, 0.15) is 45.1 Å². The molecule has 1 saturated heterocycles. The van der Waals surface area contributed by atoms with Crippen LogP contribution in [0.4, 0.5) is 8.78 Å². The highest BCUT2D eigenvalue weighted by atomic mass is 127. The lowest BCUT2D eigenvalue weighted by molar-refractivity contribution is 0.0744. The summed E-state index contributed by atoms with van der Waals surface area (Å²) in [5, 5.41) is 6.68. The number of guanidine groups is 1. The molecular weight excluding hydrogens is 489 g/mol. The zero-order valence-electron chi connectivity index (χ0n) is 17.7. The number of aliphatic imine (C=N–C) groups is 1. The molecule has 0 saturated carbocycles. The molecule has 166 valence electrons. The second kappa shape index (κ2) is 14.0. The van der Waals surface area contributed by atoms with Gasteiger partial charge >= 0.3 is 0 Å². The number of piperidine rings is 1. The van der Waals surface area contributed by atoms with Gasteiger partial charge in [0.15, 0.2) is 5.96 Å². The van der Waals surface area contributed by atoms with Crippen molar-refractivity contribution in [2.24, 2.45) is 4.99 Å². The first-order valence-electron chi connectivity index (χ1n) is 10.3. The molecule has 0 aliphatic carbocycles. The molecule has 5 nitrogen and oxygen atoms in total. The SMILES string of the molecule is CCNC(=NCCOc1ccccc1C(C)C)NC1CCN(CC(F)F)CC1.I. The fourth-order valence-electron chi connectivity index (χ4n) is 3.37. The maximum atomic E-state index is 12.5. The molecule has 1 aliphatic heterocycles. The number of alkyl halides is 2. The standard InChI is InChI=1S/C21H34F2N4O.HI/c1-4-24-21(26-17-9-12-27(13-10-17)15-20(22)23)25-11-14-28-19-8-6-5-7-18(19)16(2)3;/h5-8,16-17,20H,4,9-15H2,1-3H3,(H2,24,25,26);1H. The fraction of sp³-hybridized carbons (Fsp3) is 0.667. The minimum atomic E-state index is -2.26. The van der Waals surface area contributed by atoms with E-state index >= 15 is 0 Å². The largest absolute Gasteiger partial charge is 0.491 e. The van der Waals surface area contributed by atoms with E-state index in [-0.39, 0.29) is 36.6 Å². The highest BCUT2D eigenvalue weighted by molar-refractivity contribution is 14.0. The Balaban J connectivity index is 0.00000420. The number of rotatable bonds is 9. The number of likely N-dealkylation sites (tertiary alicyclic amines) is 1. The molecule has 2 N–H and O–H groups in total. The molecule has 0 radical (unpaired) electrons. The zero-order valence-corrected chi connectivity index (χ0v) is 20.0. The van der Waals surface area contributed by atoms with Crippen molar-refractivity contribution in [1.82, 2.24) is 15.5 Å². The summed E-state index contributed by atoms with van der Waals surface area (Å²) in [7, 11) is 0. The van der Waals surface area contributed by atoms with Gasteiger partial charge in [0.1, 0.15) is 12.4 Å². The van der Waals surface area contributed by atoms with Crippen LogP contribution in [-0.4, -0.2) is 62.7 Å². The molecule has 1 aromatic carbocycles. The molecule has 0 spiro atoms. The minimum absolute atomic E-state index is 0. The van der Waals surface area contributed by atoms with Gasteiger partial charge in [-0.1, -0.05) is 32.0 Å². The molecule has 0 bridgehead atoms. The topological polar surface area (TPSA) is 48.9 Å². The maximum absolute atomic E-state index is 12.5. The lowest BCUT2D eigenvalue weighted by Crippen LogP contribution is -2.49. The third-order valence-corrected chi connectivity index (χ3v) is 4.83. The zero-order chi connectivity index (χ0) is 20.4. The van der Waals surface area contributed by atoms with Crippen molar-refractivity contribution >= 4 is 29.9 Å². The molecule has 1 aliphatic rings. The highest BCUT2D eigenvalue weighted by Gasteiger charge is 2.21. The van der Waals surface area contributed by atoms with Crippen molar-refractivity contribution in [3.8, 4) is 5.75 Å². The number of halogens is 3. The van der Waals surface area contributed by atoms with E-state index in [0.29, 0.717) is 32.2 Å². The number of ether oxygens (including phenoxy) is 1. The van der Waals surface area contributed by atoms with E-state index in [4.69, 9.17) is 4.74 Å². The summed E-state index contributed by atoms with van der Waals surface area (Å²) < 4.78 is 30.9. The number of hydrogen-bond acceptors (Lipinski definition) is 3. The molecule has 0 atom stereocenters. The minimum Gasteiger partial charge on any atom is -0.491 e. The van der Waals surface area contributed by atoms with Gasteiger partial charge in [-0.15, -0.1) is 24.0 Å². The van der Waals surface area contributed by atoms with Crippen molar-refractivity contribution in [3.63, 3.8) is 0 Å². The highest BCUT2D eigenvalue weighted by Crippen LogP contribution is 2.25. The summed E-state index contributed by atoms with van der Waals surface area (Å²) in [5.41, 5.74) is 1.20. The van der Waals surface area contributed by atoms with Gasteiger partial charge in [-0.3, -0.25) is 4.90 Å². The van der Waals surface area contributed by atoms with Gasteiger partial charge in [0, 0.05) is 25.7 Å².